The second-order valence-corrected chi connectivity index (χ2v) is 6.19. The molecule has 1 aliphatic rings. The van der Waals surface area contributed by atoms with Gasteiger partial charge in [-0.3, -0.25) is 0 Å². The van der Waals surface area contributed by atoms with E-state index in [1.807, 2.05) is 21.1 Å². The molecule has 21 heavy (non-hydrogen) atoms. The third-order valence-corrected chi connectivity index (χ3v) is 4.74. The van der Waals surface area contributed by atoms with Crippen LogP contribution < -0.4 is 10.1 Å². The molecule has 0 spiro atoms. The molecule has 0 saturated heterocycles. The van der Waals surface area contributed by atoms with Crippen LogP contribution >= 0.6 is 0 Å². The summed E-state index contributed by atoms with van der Waals surface area (Å²) < 4.78 is 11.6. The van der Waals surface area contributed by atoms with Crippen molar-refractivity contribution in [3.63, 3.8) is 0 Å². The quantitative estimate of drug-likeness (QED) is 0.861. The van der Waals surface area contributed by atoms with Gasteiger partial charge in [0, 0.05) is 7.11 Å². The topological polar surface area (TPSA) is 30.5 Å². The maximum atomic E-state index is 6.04. The minimum absolute atomic E-state index is 0.0977. The molecule has 3 nitrogen and oxygen atoms in total. The largest absolute Gasteiger partial charge is 0.494 e. The molecule has 1 aromatic rings. The van der Waals surface area contributed by atoms with Gasteiger partial charge in [-0.15, -0.1) is 0 Å². The summed E-state index contributed by atoms with van der Waals surface area (Å²) in [5.74, 6) is 1.65. The fraction of sp³-hybridized carbons (Fsp3) is 0.667. The summed E-state index contributed by atoms with van der Waals surface area (Å²) in [6, 6.07) is 8.65. The van der Waals surface area contributed by atoms with Gasteiger partial charge in [-0.05, 0) is 50.4 Å². The molecular formula is C18H29NO2. The predicted molar refractivity (Wildman–Crippen MR) is 86.8 cm³/mol. The van der Waals surface area contributed by atoms with Gasteiger partial charge in [0.2, 0.25) is 0 Å². The van der Waals surface area contributed by atoms with Crippen LogP contribution in [0.3, 0.4) is 0 Å². The molecule has 0 bridgehead atoms. The monoisotopic (exact) mass is 291 g/mol. The van der Waals surface area contributed by atoms with E-state index in [1.165, 1.54) is 18.4 Å². The lowest BCUT2D eigenvalue weighted by Gasteiger charge is -2.44. The molecule has 0 aromatic heterocycles. The third kappa shape index (κ3) is 3.58. The molecule has 1 N–H and O–H groups in total. The molecule has 1 aromatic carbocycles. The van der Waals surface area contributed by atoms with E-state index in [1.54, 1.807) is 0 Å². The molecule has 2 rings (SSSR count). The third-order valence-electron chi connectivity index (χ3n) is 4.74. The Kier molecular flexibility index (Phi) is 5.65. The van der Waals surface area contributed by atoms with Crippen molar-refractivity contribution in [1.82, 2.24) is 5.32 Å². The Morgan fingerprint density at radius 3 is 2.57 bits per heavy atom. The van der Waals surface area contributed by atoms with Crippen molar-refractivity contribution < 1.29 is 9.47 Å². The summed E-state index contributed by atoms with van der Waals surface area (Å²) in [5, 5.41) is 3.49. The van der Waals surface area contributed by atoms with Gasteiger partial charge in [0.15, 0.2) is 0 Å². The zero-order chi connectivity index (χ0) is 15.3. The van der Waals surface area contributed by atoms with Crippen LogP contribution in [0.15, 0.2) is 24.3 Å². The van der Waals surface area contributed by atoms with Gasteiger partial charge in [0.1, 0.15) is 5.75 Å². The second-order valence-electron chi connectivity index (χ2n) is 6.19. The van der Waals surface area contributed by atoms with E-state index in [0.29, 0.717) is 6.61 Å². The minimum atomic E-state index is -0.0977. The van der Waals surface area contributed by atoms with Crippen LogP contribution in [0.2, 0.25) is 0 Å². The van der Waals surface area contributed by atoms with Gasteiger partial charge >= 0.3 is 0 Å². The Hall–Kier alpha value is -1.06. The summed E-state index contributed by atoms with van der Waals surface area (Å²) in [5.41, 5.74) is 1.18. The average molecular weight is 291 g/mol. The first-order chi connectivity index (χ1) is 10.1. The van der Waals surface area contributed by atoms with Gasteiger partial charge in [-0.2, -0.15) is 0 Å². The second kappa shape index (κ2) is 7.28. The number of hydrogen-bond donors (Lipinski definition) is 1. The Morgan fingerprint density at radius 1 is 1.33 bits per heavy atom. The maximum absolute atomic E-state index is 6.04. The van der Waals surface area contributed by atoms with Crippen LogP contribution in [0.4, 0.5) is 0 Å². The van der Waals surface area contributed by atoms with Crippen LogP contribution in [-0.4, -0.2) is 26.4 Å². The van der Waals surface area contributed by atoms with E-state index >= 15 is 0 Å². The molecule has 0 aliphatic heterocycles. The highest BCUT2D eigenvalue weighted by molar-refractivity contribution is 5.31. The highest BCUT2D eigenvalue weighted by Gasteiger charge is 2.42. The lowest BCUT2D eigenvalue weighted by molar-refractivity contribution is -0.0790. The van der Waals surface area contributed by atoms with Gasteiger partial charge in [-0.1, -0.05) is 31.9 Å². The highest BCUT2D eigenvalue weighted by atomic mass is 16.5. The normalized spacial score (nSPS) is 27.3. The van der Waals surface area contributed by atoms with Crippen molar-refractivity contribution >= 4 is 0 Å². The molecule has 1 fully saturated rings. The molecule has 0 heterocycles. The lowest BCUT2D eigenvalue weighted by Crippen LogP contribution is -2.47. The van der Waals surface area contributed by atoms with E-state index in [9.17, 15) is 0 Å². The number of rotatable bonds is 6. The SMILES string of the molecule is CCOc1ccc(C(NC)C2(OC)CCCC(C)C2)cc1. The molecule has 118 valence electrons. The van der Waals surface area contributed by atoms with E-state index in [0.717, 1.165) is 24.5 Å². The van der Waals surface area contributed by atoms with Gasteiger partial charge < -0.3 is 14.8 Å². The first-order valence-corrected chi connectivity index (χ1v) is 8.10. The van der Waals surface area contributed by atoms with Crippen LogP contribution in [0, 0.1) is 5.92 Å². The minimum Gasteiger partial charge on any atom is -0.494 e. The van der Waals surface area contributed by atoms with Crippen molar-refractivity contribution in [3.8, 4) is 5.75 Å². The zero-order valence-electron chi connectivity index (χ0n) is 13.8. The van der Waals surface area contributed by atoms with Crippen LogP contribution in [0.25, 0.3) is 0 Å². The Morgan fingerprint density at radius 2 is 2.05 bits per heavy atom. The molecule has 3 unspecified atom stereocenters. The van der Waals surface area contributed by atoms with Gasteiger partial charge in [0.25, 0.3) is 0 Å². The lowest BCUT2D eigenvalue weighted by atomic mass is 9.72. The van der Waals surface area contributed by atoms with Crippen molar-refractivity contribution in [2.75, 3.05) is 20.8 Å². The first kappa shape index (κ1) is 16.3. The van der Waals surface area contributed by atoms with Crippen molar-refractivity contribution in [2.45, 2.75) is 51.2 Å². The van der Waals surface area contributed by atoms with Crippen molar-refractivity contribution in [3.05, 3.63) is 29.8 Å². The van der Waals surface area contributed by atoms with E-state index in [2.05, 4.69) is 36.5 Å². The number of hydrogen-bond acceptors (Lipinski definition) is 3. The predicted octanol–water partition coefficient (Wildman–Crippen LogP) is 3.94. The van der Waals surface area contributed by atoms with Crippen LogP contribution in [0.5, 0.6) is 5.75 Å². The van der Waals surface area contributed by atoms with E-state index in [4.69, 9.17) is 9.47 Å². The smallest absolute Gasteiger partial charge is 0.119 e. The molecule has 1 aliphatic carbocycles. The molecule has 3 heteroatoms. The van der Waals surface area contributed by atoms with E-state index < -0.39 is 0 Å². The number of likely N-dealkylation sites (N-methyl/N-ethyl adjacent to an activating group) is 1. The van der Waals surface area contributed by atoms with E-state index in [-0.39, 0.29) is 11.6 Å². The van der Waals surface area contributed by atoms with Gasteiger partial charge in [-0.25, -0.2) is 0 Å². The van der Waals surface area contributed by atoms with Crippen molar-refractivity contribution in [1.29, 1.82) is 0 Å². The highest BCUT2D eigenvalue weighted by Crippen LogP contribution is 2.43. The Labute approximate surface area is 129 Å². The number of nitrogens with one attached hydrogen (secondary N) is 1. The fourth-order valence-corrected chi connectivity index (χ4v) is 3.77. The van der Waals surface area contributed by atoms with Crippen molar-refractivity contribution in [2.24, 2.45) is 5.92 Å². The summed E-state index contributed by atoms with van der Waals surface area (Å²) in [6.45, 7) is 5.04. The molecule has 3 atom stereocenters. The average Bonchev–Trinajstić information content (AvgIpc) is 2.50. The number of methoxy groups -OCH3 is 1. The number of benzene rings is 1. The number of ether oxygens (including phenoxy) is 2. The van der Waals surface area contributed by atoms with Crippen LogP contribution in [-0.2, 0) is 4.74 Å². The maximum Gasteiger partial charge on any atom is 0.119 e. The van der Waals surface area contributed by atoms with Gasteiger partial charge in [0.05, 0.1) is 18.2 Å². The summed E-state index contributed by atoms with van der Waals surface area (Å²) in [6.07, 6.45) is 4.78. The standard InChI is InChI=1S/C18H29NO2/c1-5-21-16-10-8-15(9-11-16)17(19-3)18(20-4)12-6-7-14(2)13-18/h8-11,14,17,19H,5-7,12-13H2,1-4H3. The molecule has 0 amide bonds. The Bertz CT molecular complexity index is 431. The zero-order valence-corrected chi connectivity index (χ0v) is 13.8. The Balaban J connectivity index is 2.24. The first-order valence-electron chi connectivity index (χ1n) is 8.10. The summed E-state index contributed by atoms with van der Waals surface area (Å²) in [7, 11) is 3.89. The molecular weight excluding hydrogens is 262 g/mol. The van der Waals surface area contributed by atoms with Crippen LogP contribution in [0.1, 0.15) is 51.1 Å². The molecule has 0 radical (unpaired) electrons. The summed E-state index contributed by atoms with van der Waals surface area (Å²) >= 11 is 0. The molecule has 1 saturated carbocycles. The summed E-state index contributed by atoms with van der Waals surface area (Å²) in [4.78, 5) is 0. The fourth-order valence-electron chi connectivity index (χ4n) is 3.77.